The minimum Gasteiger partial charge on any atom is -0.496 e. The number of nitrogens with zero attached hydrogens (tertiary/aromatic N) is 2. The van der Waals surface area contributed by atoms with Crippen LogP contribution >= 0.6 is 12.2 Å². The van der Waals surface area contributed by atoms with Gasteiger partial charge in [0.05, 0.1) is 18.2 Å². The van der Waals surface area contributed by atoms with Gasteiger partial charge >= 0.3 is 0 Å². The van der Waals surface area contributed by atoms with Crippen LogP contribution in [-0.2, 0) is 6.54 Å². The molecule has 0 unspecified atom stereocenters. The predicted octanol–water partition coefficient (Wildman–Crippen LogP) is 4.87. The summed E-state index contributed by atoms with van der Waals surface area (Å²) in [5, 5.41) is -0.131. The van der Waals surface area contributed by atoms with E-state index in [0.717, 1.165) is 12.8 Å². The predicted molar refractivity (Wildman–Crippen MR) is 103 cm³/mol. The maximum atomic E-state index is 13.8. The highest BCUT2D eigenvalue weighted by Crippen LogP contribution is 2.33. The number of aromatic amines is 1. The SMILES string of the molecule is CCCCn1c(=S)[nH]c(=O)c2c(C(F)F)cc(-c3ccccc3OC)nc21. The lowest BCUT2D eigenvalue weighted by Gasteiger charge is -2.15. The van der Waals surface area contributed by atoms with Crippen LogP contribution in [0.3, 0.4) is 0 Å². The first-order valence-electron chi connectivity index (χ1n) is 8.57. The summed E-state index contributed by atoms with van der Waals surface area (Å²) < 4.78 is 34.7. The van der Waals surface area contributed by atoms with E-state index in [1.54, 1.807) is 28.8 Å². The van der Waals surface area contributed by atoms with E-state index in [-0.39, 0.29) is 21.4 Å². The molecule has 0 aliphatic rings. The number of hydrogen-bond donors (Lipinski definition) is 1. The Balaban J connectivity index is 2.41. The van der Waals surface area contributed by atoms with Crippen LogP contribution in [0.1, 0.15) is 31.8 Å². The molecule has 3 rings (SSSR count). The van der Waals surface area contributed by atoms with Gasteiger partial charge in [-0.15, -0.1) is 0 Å². The summed E-state index contributed by atoms with van der Waals surface area (Å²) in [7, 11) is 1.50. The second-order valence-corrected chi connectivity index (χ2v) is 6.45. The number of pyridine rings is 1. The molecule has 0 aliphatic carbocycles. The number of unbranched alkanes of at least 4 members (excludes halogenated alkanes) is 1. The molecule has 3 aromatic rings. The Bertz CT molecular complexity index is 1090. The molecule has 0 saturated heterocycles. The number of hydrogen-bond acceptors (Lipinski definition) is 4. The van der Waals surface area contributed by atoms with Crippen molar-refractivity contribution in [2.24, 2.45) is 0 Å². The molecule has 0 bridgehead atoms. The molecule has 2 aromatic heterocycles. The lowest BCUT2D eigenvalue weighted by Crippen LogP contribution is -2.18. The largest absolute Gasteiger partial charge is 0.496 e. The van der Waals surface area contributed by atoms with Crippen molar-refractivity contribution in [3.8, 4) is 17.0 Å². The first-order valence-corrected chi connectivity index (χ1v) is 8.98. The van der Waals surface area contributed by atoms with Gasteiger partial charge in [-0.3, -0.25) is 9.78 Å². The smallest absolute Gasteiger partial charge is 0.264 e. The molecule has 1 N–H and O–H groups in total. The average Bonchev–Trinajstić information content (AvgIpc) is 2.66. The van der Waals surface area contributed by atoms with Gasteiger partial charge in [0.15, 0.2) is 4.77 Å². The van der Waals surface area contributed by atoms with Gasteiger partial charge in [-0.25, -0.2) is 13.8 Å². The first kappa shape index (κ1) is 19.2. The van der Waals surface area contributed by atoms with Crippen molar-refractivity contribution >= 4 is 23.3 Å². The zero-order valence-corrected chi connectivity index (χ0v) is 15.8. The highest BCUT2D eigenvalue weighted by molar-refractivity contribution is 7.71. The topological polar surface area (TPSA) is 59.9 Å². The van der Waals surface area contributed by atoms with E-state index in [9.17, 15) is 13.6 Å². The zero-order valence-electron chi connectivity index (χ0n) is 15.0. The number of nitrogens with one attached hydrogen (secondary N) is 1. The van der Waals surface area contributed by atoms with E-state index in [0.29, 0.717) is 23.6 Å². The summed E-state index contributed by atoms with van der Waals surface area (Å²) in [6, 6.07) is 8.26. The van der Waals surface area contributed by atoms with Crippen molar-refractivity contribution < 1.29 is 13.5 Å². The van der Waals surface area contributed by atoms with Gasteiger partial charge in [0.25, 0.3) is 12.0 Å². The number of halogens is 2. The van der Waals surface area contributed by atoms with Crippen molar-refractivity contribution in [1.29, 1.82) is 0 Å². The number of ether oxygens (including phenoxy) is 1. The van der Waals surface area contributed by atoms with Crippen molar-refractivity contribution in [2.45, 2.75) is 32.7 Å². The third-order valence-electron chi connectivity index (χ3n) is 4.33. The van der Waals surface area contributed by atoms with Gasteiger partial charge in [-0.05, 0) is 36.8 Å². The number of aromatic nitrogens is 3. The molecule has 0 atom stereocenters. The fourth-order valence-corrected chi connectivity index (χ4v) is 3.26. The third-order valence-corrected chi connectivity index (χ3v) is 4.65. The minimum absolute atomic E-state index is 0.131. The molecule has 142 valence electrons. The number of methoxy groups -OCH3 is 1. The molecule has 0 fully saturated rings. The van der Waals surface area contributed by atoms with E-state index in [2.05, 4.69) is 9.97 Å². The number of benzene rings is 1. The lowest BCUT2D eigenvalue weighted by molar-refractivity contribution is 0.153. The fourth-order valence-electron chi connectivity index (χ4n) is 2.99. The summed E-state index contributed by atoms with van der Waals surface area (Å²) in [6.07, 6.45) is -1.17. The molecule has 0 saturated carbocycles. The van der Waals surface area contributed by atoms with Crippen molar-refractivity contribution in [3.63, 3.8) is 0 Å². The monoisotopic (exact) mass is 391 g/mol. The highest BCUT2D eigenvalue weighted by Gasteiger charge is 2.21. The average molecular weight is 391 g/mol. The molecule has 5 nitrogen and oxygen atoms in total. The fraction of sp³-hybridized carbons (Fsp3) is 0.316. The van der Waals surface area contributed by atoms with Gasteiger partial charge in [0.1, 0.15) is 11.4 Å². The molecule has 0 aliphatic heterocycles. The number of H-pyrrole nitrogens is 1. The Morgan fingerprint density at radius 3 is 2.74 bits per heavy atom. The molecule has 0 amide bonds. The van der Waals surface area contributed by atoms with E-state index in [1.807, 2.05) is 6.92 Å². The highest BCUT2D eigenvalue weighted by atomic mass is 32.1. The summed E-state index contributed by atoms with van der Waals surface area (Å²) >= 11 is 5.25. The number of alkyl halides is 2. The molecule has 0 spiro atoms. The van der Waals surface area contributed by atoms with Crippen LogP contribution in [-0.4, -0.2) is 21.6 Å². The molecule has 27 heavy (non-hydrogen) atoms. The standard InChI is InChI=1S/C19H19F2N3O2S/c1-3-4-9-24-17-15(18(25)23-19(24)27)12(16(20)21)10-13(22-17)11-7-5-6-8-14(11)26-2/h5-8,10,16H,3-4,9H2,1-2H3,(H,23,25,27). The maximum absolute atomic E-state index is 13.8. The van der Waals surface area contributed by atoms with E-state index >= 15 is 0 Å². The maximum Gasteiger partial charge on any atom is 0.264 e. The second-order valence-electron chi connectivity index (χ2n) is 6.06. The minimum atomic E-state index is -2.83. The Kier molecular flexibility index (Phi) is 5.65. The van der Waals surface area contributed by atoms with Crippen LogP contribution in [0.4, 0.5) is 8.78 Å². The normalized spacial score (nSPS) is 11.3. The Hall–Kier alpha value is -2.61. The Morgan fingerprint density at radius 1 is 1.33 bits per heavy atom. The van der Waals surface area contributed by atoms with E-state index in [1.165, 1.54) is 13.2 Å². The number of rotatable bonds is 6. The summed E-state index contributed by atoms with van der Waals surface area (Å²) in [5.41, 5.74) is 0.00739. The van der Waals surface area contributed by atoms with Crippen LogP contribution in [0.25, 0.3) is 22.3 Å². The molecular formula is C19H19F2N3O2S. The molecule has 8 heteroatoms. The van der Waals surface area contributed by atoms with Crippen LogP contribution < -0.4 is 10.3 Å². The van der Waals surface area contributed by atoms with Gasteiger partial charge < -0.3 is 9.30 Å². The first-order chi connectivity index (χ1) is 13.0. The third kappa shape index (κ3) is 3.62. The van der Waals surface area contributed by atoms with Crippen molar-refractivity contribution in [2.75, 3.05) is 7.11 Å². The summed E-state index contributed by atoms with van der Waals surface area (Å²) in [5.74, 6) is 0.508. The number of para-hydroxylation sites is 1. The van der Waals surface area contributed by atoms with Crippen LogP contribution in [0, 0.1) is 4.77 Å². The van der Waals surface area contributed by atoms with Crippen LogP contribution in [0.2, 0.25) is 0 Å². The molecule has 2 heterocycles. The zero-order chi connectivity index (χ0) is 19.6. The van der Waals surface area contributed by atoms with Gasteiger partial charge in [0.2, 0.25) is 0 Å². The van der Waals surface area contributed by atoms with Crippen LogP contribution in [0.5, 0.6) is 5.75 Å². The molecule has 1 aromatic carbocycles. The van der Waals surface area contributed by atoms with Crippen LogP contribution in [0.15, 0.2) is 35.1 Å². The summed E-state index contributed by atoms with van der Waals surface area (Å²) in [6.45, 7) is 2.49. The lowest BCUT2D eigenvalue weighted by atomic mass is 10.1. The number of fused-ring (bicyclic) bond motifs is 1. The Morgan fingerprint density at radius 2 is 2.07 bits per heavy atom. The number of aryl methyl sites for hydroxylation is 1. The van der Waals surface area contributed by atoms with E-state index in [4.69, 9.17) is 17.0 Å². The van der Waals surface area contributed by atoms with Gasteiger partial charge in [-0.2, -0.15) is 0 Å². The molecular weight excluding hydrogens is 372 g/mol. The Labute approximate surface area is 159 Å². The summed E-state index contributed by atoms with van der Waals surface area (Å²) in [4.78, 5) is 19.4. The second kappa shape index (κ2) is 7.96. The molecule has 0 radical (unpaired) electrons. The van der Waals surface area contributed by atoms with Crippen molar-refractivity contribution in [1.82, 2.24) is 14.5 Å². The quantitative estimate of drug-likeness (QED) is 0.609. The van der Waals surface area contributed by atoms with Gasteiger partial charge in [-0.1, -0.05) is 25.5 Å². The van der Waals surface area contributed by atoms with Gasteiger partial charge in [0, 0.05) is 17.7 Å². The van der Waals surface area contributed by atoms with Crippen molar-refractivity contribution in [3.05, 3.63) is 51.0 Å². The van der Waals surface area contributed by atoms with E-state index < -0.39 is 12.0 Å².